The van der Waals surface area contributed by atoms with Crippen LogP contribution in [-0.4, -0.2) is 47.8 Å². The van der Waals surface area contributed by atoms with Gasteiger partial charge in [-0.1, -0.05) is 19.3 Å². The van der Waals surface area contributed by atoms with Gasteiger partial charge in [-0.25, -0.2) is 8.78 Å². The molecule has 3 aromatic rings. The summed E-state index contributed by atoms with van der Waals surface area (Å²) in [5, 5.41) is 8.35. The molecule has 33 heavy (non-hydrogen) atoms. The molecule has 0 aliphatic heterocycles. The maximum absolute atomic E-state index is 14.3. The Hall–Kier alpha value is -3.00. The van der Waals surface area contributed by atoms with E-state index in [0.717, 1.165) is 24.1 Å². The van der Waals surface area contributed by atoms with E-state index < -0.39 is 11.6 Å². The Morgan fingerprint density at radius 2 is 1.94 bits per heavy atom. The highest BCUT2D eigenvalue weighted by atomic mass is 19.1. The van der Waals surface area contributed by atoms with Crippen molar-refractivity contribution < 1.29 is 18.3 Å². The van der Waals surface area contributed by atoms with Gasteiger partial charge in [-0.2, -0.15) is 5.10 Å². The van der Waals surface area contributed by atoms with Crippen molar-refractivity contribution in [1.82, 2.24) is 20.0 Å². The first-order valence-corrected chi connectivity index (χ1v) is 11.5. The minimum Gasteiger partial charge on any atom is -0.453 e. The van der Waals surface area contributed by atoms with E-state index in [2.05, 4.69) is 10.4 Å². The van der Waals surface area contributed by atoms with Crippen LogP contribution in [0.15, 0.2) is 36.5 Å². The SMILES string of the molecule is CN(C)CCNC(=O)c1cc2nn(CC3CCCCC3)cc2cc1Oc1ccc(F)cc1F. The number of carbonyl (C=O) groups is 1. The van der Waals surface area contributed by atoms with E-state index >= 15 is 0 Å². The number of fused-ring (bicyclic) bond motifs is 1. The van der Waals surface area contributed by atoms with Crippen LogP contribution in [0.5, 0.6) is 11.5 Å². The molecule has 0 spiro atoms. The van der Waals surface area contributed by atoms with Gasteiger partial charge in [0.25, 0.3) is 5.91 Å². The lowest BCUT2D eigenvalue weighted by atomic mass is 9.89. The molecule has 1 amide bonds. The number of nitrogens with zero attached hydrogens (tertiary/aromatic N) is 3. The maximum atomic E-state index is 14.3. The second-order valence-corrected chi connectivity index (χ2v) is 9.00. The van der Waals surface area contributed by atoms with Crippen molar-refractivity contribution in [3.8, 4) is 11.5 Å². The summed E-state index contributed by atoms with van der Waals surface area (Å²) in [6.45, 7) is 1.96. The molecule has 0 radical (unpaired) electrons. The van der Waals surface area contributed by atoms with Crippen molar-refractivity contribution >= 4 is 16.8 Å². The molecule has 176 valence electrons. The molecular formula is C25H30F2N4O2. The smallest absolute Gasteiger partial charge is 0.255 e. The van der Waals surface area contributed by atoms with Gasteiger partial charge < -0.3 is 15.0 Å². The molecule has 1 N–H and O–H groups in total. The summed E-state index contributed by atoms with van der Waals surface area (Å²) in [5.74, 6) is -1.20. The van der Waals surface area contributed by atoms with Crippen LogP contribution in [0.4, 0.5) is 8.78 Å². The molecule has 8 heteroatoms. The molecule has 1 aliphatic rings. The van der Waals surface area contributed by atoms with E-state index in [1.165, 1.54) is 38.2 Å². The Bertz CT molecular complexity index is 1120. The first-order valence-electron chi connectivity index (χ1n) is 11.5. The molecule has 2 aromatic carbocycles. The van der Waals surface area contributed by atoms with Crippen LogP contribution in [0.2, 0.25) is 0 Å². The fourth-order valence-electron chi connectivity index (χ4n) is 4.26. The minimum atomic E-state index is -0.831. The van der Waals surface area contributed by atoms with Crippen LogP contribution in [0.25, 0.3) is 10.9 Å². The van der Waals surface area contributed by atoms with Crippen molar-refractivity contribution in [2.45, 2.75) is 38.6 Å². The highest BCUT2D eigenvalue weighted by Crippen LogP contribution is 2.32. The maximum Gasteiger partial charge on any atom is 0.255 e. The van der Waals surface area contributed by atoms with Gasteiger partial charge in [-0.3, -0.25) is 9.48 Å². The van der Waals surface area contributed by atoms with E-state index in [-0.39, 0.29) is 23.0 Å². The van der Waals surface area contributed by atoms with E-state index in [9.17, 15) is 13.6 Å². The zero-order valence-corrected chi connectivity index (χ0v) is 19.1. The van der Waals surface area contributed by atoms with Crippen LogP contribution in [0.3, 0.4) is 0 Å². The zero-order valence-electron chi connectivity index (χ0n) is 19.1. The number of aromatic nitrogens is 2. The summed E-state index contributed by atoms with van der Waals surface area (Å²) in [5.41, 5.74) is 0.934. The number of hydrogen-bond donors (Lipinski definition) is 1. The Labute approximate surface area is 192 Å². The monoisotopic (exact) mass is 456 g/mol. The molecule has 0 saturated heterocycles. The number of nitrogens with one attached hydrogen (secondary N) is 1. The Morgan fingerprint density at radius 3 is 2.67 bits per heavy atom. The standard InChI is InChI=1S/C25H30F2N4O2/c1-30(2)11-10-28-25(32)20-14-22-18(16-31(29-22)15-17-6-4-3-5-7-17)12-24(20)33-23-9-8-19(26)13-21(23)27/h8-9,12-14,16-17H,3-7,10-11,15H2,1-2H3,(H,28,32). The predicted molar refractivity (Wildman–Crippen MR) is 124 cm³/mol. The van der Waals surface area contributed by atoms with Crippen molar-refractivity contribution in [1.29, 1.82) is 0 Å². The topological polar surface area (TPSA) is 59.4 Å². The first kappa shape index (κ1) is 23.2. The molecule has 0 bridgehead atoms. The fourth-order valence-corrected chi connectivity index (χ4v) is 4.26. The van der Waals surface area contributed by atoms with Gasteiger partial charge in [0.2, 0.25) is 0 Å². The largest absolute Gasteiger partial charge is 0.453 e. The van der Waals surface area contributed by atoms with Crippen molar-refractivity contribution in [3.63, 3.8) is 0 Å². The van der Waals surface area contributed by atoms with Crippen LogP contribution in [0.1, 0.15) is 42.5 Å². The molecule has 6 nitrogen and oxygen atoms in total. The third-order valence-electron chi connectivity index (χ3n) is 6.03. The van der Waals surface area contributed by atoms with Crippen LogP contribution in [0, 0.1) is 17.6 Å². The number of ether oxygens (including phenoxy) is 1. The van der Waals surface area contributed by atoms with Crippen LogP contribution in [-0.2, 0) is 6.54 Å². The average molecular weight is 457 g/mol. The average Bonchev–Trinajstić information content (AvgIpc) is 3.16. The lowest BCUT2D eigenvalue weighted by molar-refractivity contribution is 0.0948. The lowest BCUT2D eigenvalue weighted by Gasteiger charge is -2.21. The zero-order chi connectivity index (χ0) is 23.4. The van der Waals surface area contributed by atoms with Crippen molar-refractivity contribution in [3.05, 3.63) is 53.7 Å². The van der Waals surface area contributed by atoms with E-state index in [0.29, 0.717) is 24.5 Å². The Kier molecular flexibility index (Phi) is 7.23. The third-order valence-corrected chi connectivity index (χ3v) is 6.03. The van der Waals surface area contributed by atoms with Crippen molar-refractivity contribution in [2.75, 3.05) is 27.2 Å². The lowest BCUT2D eigenvalue weighted by Crippen LogP contribution is -2.31. The van der Waals surface area contributed by atoms with E-state index in [1.807, 2.05) is 29.9 Å². The summed E-state index contributed by atoms with van der Waals surface area (Å²) < 4.78 is 35.3. The molecule has 1 saturated carbocycles. The number of benzene rings is 2. The van der Waals surface area contributed by atoms with Gasteiger partial charge in [-0.15, -0.1) is 0 Å². The van der Waals surface area contributed by atoms with E-state index in [1.54, 1.807) is 12.1 Å². The molecule has 0 atom stereocenters. The van der Waals surface area contributed by atoms with Crippen LogP contribution < -0.4 is 10.1 Å². The first-order chi connectivity index (χ1) is 15.9. The molecule has 1 fully saturated rings. The summed E-state index contributed by atoms with van der Waals surface area (Å²) in [6.07, 6.45) is 8.14. The number of hydrogen-bond acceptors (Lipinski definition) is 4. The van der Waals surface area contributed by atoms with Gasteiger partial charge in [0.1, 0.15) is 11.6 Å². The van der Waals surface area contributed by atoms with Gasteiger partial charge in [0.15, 0.2) is 11.6 Å². The fraction of sp³-hybridized carbons (Fsp3) is 0.440. The molecular weight excluding hydrogens is 426 g/mol. The summed E-state index contributed by atoms with van der Waals surface area (Å²) in [4.78, 5) is 14.9. The number of rotatable bonds is 8. The quantitative estimate of drug-likeness (QED) is 0.520. The van der Waals surface area contributed by atoms with Gasteiger partial charge in [-0.05, 0) is 57.1 Å². The minimum absolute atomic E-state index is 0.146. The number of amides is 1. The Morgan fingerprint density at radius 1 is 1.15 bits per heavy atom. The highest BCUT2D eigenvalue weighted by molar-refractivity contribution is 6.01. The molecule has 1 heterocycles. The number of likely N-dealkylation sites (N-methyl/N-ethyl adjacent to an activating group) is 1. The summed E-state index contributed by atoms with van der Waals surface area (Å²) in [6, 6.07) is 6.47. The highest BCUT2D eigenvalue weighted by Gasteiger charge is 2.19. The predicted octanol–water partition coefficient (Wildman–Crippen LogP) is 4.98. The Balaban J connectivity index is 1.64. The van der Waals surface area contributed by atoms with Crippen molar-refractivity contribution in [2.24, 2.45) is 5.92 Å². The number of halogens is 2. The van der Waals surface area contributed by atoms with Crippen LogP contribution >= 0.6 is 0 Å². The molecule has 0 unspecified atom stereocenters. The number of carbonyl (C=O) groups excluding carboxylic acids is 1. The normalized spacial score (nSPS) is 14.7. The second kappa shape index (κ2) is 10.3. The molecule has 1 aliphatic carbocycles. The molecule has 4 rings (SSSR count). The van der Waals surface area contributed by atoms with E-state index in [4.69, 9.17) is 4.74 Å². The molecule has 1 aromatic heterocycles. The third kappa shape index (κ3) is 5.87. The van der Waals surface area contributed by atoms with Gasteiger partial charge >= 0.3 is 0 Å². The van der Waals surface area contributed by atoms with Gasteiger partial charge in [0, 0.05) is 37.3 Å². The second-order valence-electron chi connectivity index (χ2n) is 9.00. The summed E-state index contributed by atoms with van der Waals surface area (Å²) >= 11 is 0. The van der Waals surface area contributed by atoms with Gasteiger partial charge in [0.05, 0.1) is 11.1 Å². The summed E-state index contributed by atoms with van der Waals surface area (Å²) in [7, 11) is 3.84.